The van der Waals surface area contributed by atoms with E-state index in [0.29, 0.717) is 5.46 Å². The summed E-state index contributed by atoms with van der Waals surface area (Å²) in [4.78, 5) is 0. The molecule has 164 valence electrons. The van der Waals surface area contributed by atoms with Crippen molar-refractivity contribution in [2.45, 2.75) is 6.92 Å². The summed E-state index contributed by atoms with van der Waals surface area (Å²) >= 11 is 0. The first kappa shape index (κ1) is 21.9. The Kier molecular flexibility index (Phi) is 5.89. The highest BCUT2D eigenvalue weighted by molar-refractivity contribution is 6.58. The summed E-state index contributed by atoms with van der Waals surface area (Å²) in [5, 5.41) is 23.8. The molecule has 0 aliphatic heterocycles. The monoisotopic (exact) mass is 440 g/mol. The zero-order chi connectivity index (χ0) is 23.7. The molecule has 34 heavy (non-hydrogen) atoms. The third-order valence-electron chi connectivity index (χ3n) is 6.40. The van der Waals surface area contributed by atoms with Crippen molar-refractivity contribution in [3.8, 4) is 22.3 Å². The van der Waals surface area contributed by atoms with Crippen LogP contribution in [0.15, 0.2) is 110 Å². The van der Waals surface area contributed by atoms with Gasteiger partial charge in [-0.3, -0.25) is 0 Å². The van der Waals surface area contributed by atoms with Crippen LogP contribution in [0.1, 0.15) is 11.1 Å². The second-order valence-corrected chi connectivity index (χ2v) is 8.50. The lowest BCUT2D eigenvalue weighted by atomic mass is 9.79. The van der Waals surface area contributed by atoms with E-state index in [-0.39, 0.29) is 0 Å². The summed E-state index contributed by atoms with van der Waals surface area (Å²) in [5.41, 5.74) is 7.48. The predicted molar refractivity (Wildman–Crippen MR) is 146 cm³/mol. The maximum absolute atomic E-state index is 9.53. The molecule has 0 radical (unpaired) electrons. The summed E-state index contributed by atoms with van der Waals surface area (Å²) in [6.07, 6.45) is 5.84. The van der Waals surface area contributed by atoms with E-state index in [1.165, 1.54) is 43.8 Å². The topological polar surface area (TPSA) is 40.5 Å². The average molecular weight is 440 g/mol. The van der Waals surface area contributed by atoms with Gasteiger partial charge in [-0.2, -0.15) is 0 Å². The van der Waals surface area contributed by atoms with Crippen LogP contribution in [-0.4, -0.2) is 17.2 Å². The van der Waals surface area contributed by atoms with Crippen molar-refractivity contribution < 1.29 is 10.0 Å². The minimum absolute atomic E-state index is 0.482. The highest BCUT2D eigenvalue weighted by Gasteiger charge is 2.17. The maximum atomic E-state index is 9.53. The second kappa shape index (κ2) is 9.15. The largest absolute Gasteiger partial charge is 0.488 e. The van der Waals surface area contributed by atoms with Gasteiger partial charge in [0, 0.05) is 0 Å². The Labute approximate surface area is 200 Å². The number of aryl methyl sites for hydroxylation is 1. The Balaban J connectivity index is 1.82. The summed E-state index contributed by atoms with van der Waals surface area (Å²) < 4.78 is 0. The fourth-order valence-electron chi connectivity index (χ4n) is 4.76. The Hall–Kier alpha value is -3.92. The average Bonchev–Trinajstić information content (AvgIpc) is 2.86. The van der Waals surface area contributed by atoms with Crippen LogP contribution in [0.2, 0.25) is 0 Å². The molecule has 0 aliphatic carbocycles. The lowest BCUT2D eigenvalue weighted by molar-refractivity contribution is 0.426. The molecule has 5 aromatic carbocycles. The molecule has 2 nitrogen and oxygen atoms in total. The molecule has 0 aliphatic rings. The zero-order valence-corrected chi connectivity index (χ0v) is 19.1. The molecule has 0 amide bonds. The van der Waals surface area contributed by atoms with E-state index >= 15 is 0 Å². The van der Waals surface area contributed by atoms with Crippen molar-refractivity contribution in [2.24, 2.45) is 0 Å². The van der Waals surface area contributed by atoms with Gasteiger partial charge in [0.25, 0.3) is 0 Å². The van der Waals surface area contributed by atoms with Gasteiger partial charge in [-0.15, -0.1) is 0 Å². The van der Waals surface area contributed by atoms with Crippen molar-refractivity contribution in [3.63, 3.8) is 0 Å². The van der Waals surface area contributed by atoms with Crippen molar-refractivity contribution in [2.75, 3.05) is 0 Å². The number of fused-ring (bicyclic) bond motifs is 2. The van der Waals surface area contributed by atoms with Gasteiger partial charge in [-0.05, 0) is 67.3 Å². The smallest absolute Gasteiger partial charge is 0.423 e. The van der Waals surface area contributed by atoms with Crippen molar-refractivity contribution in [1.29, 1.82) is 0 Å². The van der Waals surface area contributed by atoms with E-state index < -0.39 is 7.12 Å². The van der Waals surface area contributed by atoms with Crippen molar-refractivity contribution in [1.82, 2.24) is 0 Å². The summed E-state index contributed by atoms with van der Waals surface area (Å²) in [6.45, 7) is 5.91. The SMILES string of the molecule is C=C/C=C\c1ccc(-c2c3ccccc3c(-c3ccc(B(O)O)cc3)c3ccccc23)cc1C. The standard InChI is InChI=1S/C31H25BO2/c1-3-4-9-22-14-15-24(20-21(22)2)31-28-12-7-5-10-26(28)30(27-11-6-8-13-29(27)31)23-16-18-25(19-17-23)32(33)34/h3-20,33-34H,1H2,2H3/b9-4-. The van der Waals surface area contributed by atoms with E-state index in [4.69, 9.17) is 0 Å². The molecule has 0 bridgehead atoms. The molecule has 2 N–H and O–H groups in total. The van der Waals surface area contributed by atoms with Gasteiger partial charge in [0.15, 0.2) is 0 Å². The highest BCUT2D eigenvalue weighted by atomic mass is 16.4. The molecule has 0 aromatic heterocycles. The minimum atomic E-state index is -1.47. The van der Waals surface area contributed by atoms with Crippen LogP contribution >= 0.6 is 0 Å². The minimum Gasteiger partial charge on any atom is -0.423 e. The molecule has 0 spiro atoms. The Morgan fingerprint density at radius 1 is 0.676 bits per heavy atom. The third kappa shape index (κ3) is 3.86. The quantitative estimate of drug-likeness (QED) is 0.186. The molecule has 5 aromatic rings. The summed E-state index contributed by atoms with van der Waals surface area (Å²) in [6, 6.07) is 31.1. The zero-order valence-electron chi connectivity index (χ0n) is 19.1. The fourth-order valence-corrected chi connectivity index (χ4v) is 4.76. The van der Waals surface area contributed by atoms with Gasteiger partial charge in [0.05, 0.1) is 0 Å². The first-order valence-electron chi connectivity index (χ1n) is 11.4. The first-order chi connectivity index (χ1) is 16.6. The van der Waals surface area contributed by atoms with E-state index in [1.807, 2.05) is 18.2 Å². The number of rotatable bonds is 5. The molecular weight excluding hydrogens is 415 g/mol. The van der Waals surface area contributed by atoms with Gasteiger partial charge in [-0.1, -0.05) is 116 Å². The number of benzene rings is 5. The van der Waals surface area contributed by atoms with E-state index in [0.717, 1.165) is 11.1 Å². The van der Waals surface area contributed by atoms with Crippen LogP contribution < -0.4 is 5.46 Å². The molecule has 3 heteroatoms. The van der Waals surface area contributed by atoms with Crippen LogP contribution in [0.4, 0.5) is 0 Å². The van der Waals surface area contributed by atoms with E-state index in [1.54, 1.807) is 18.2 Å². The predicted octanol–water partition coefficient (Wildman–Crippen LogP) is 6.51. The maximum Gasteiger partial charge on any atom is 0.488 e. The molecule has 0 atom stereocenters. The van der Waals surface area contributed by atoms with E-state index in [9.17, 15) is 10.0 Å². The molecule has 0 fully saturated rings. The van der Waals surface area contributed by atoms with E-state index in [2.05, 4.69) is 86.3 Å². The van der Waals surface area contributed by atoms with Gasteiger partial charge < -0.3 is 10.0 Å². The highest BCUT2D eigenvalue weighted by Crippen LogP contribution is 2.43. The van der Waals surface area contributed by atoms with Crippen LogP contribution in [0.3, 0.4) is 0 Å². The van der Waals surface area contributed by atoms with Gasteiger partial charge in [0.2, 0.25) is 0 Å². The third-order valence-corrected chi connectivity index (χ3v) is 6.40. The van der Waals surface area contributed by atoms with Gasteiger partial charge >= 0.3 is 7.12 Å². The molecule has 0 saturated carbocycles. The lowest BCUT2D eigenvalue weighted by Crippen LogP contribution is -2.29. The van der Waals surface area contributed by atoms with Crippen LogP contribution in [0, 0.1) is 6.92 Å². The van der Waals surface area contributed by atoms with Crippen LogP contribution in [-0.2, 0) is 0 Å². The first-order valence-corrected chi connectivity index (χ1v) is 11.4. The normalized spacial score (nSPS) is 11.4. The van der Waals surface area contributed by atoms with Crippen LogP contribution in [0.25, 0.3) is 49.9 Å². The van der Waals surface area contributed by atoms with Gasteiger partial charge in [0.1, 0.15) is 0 Å². The molecule has 0 saturated heterocycles. The Morgan fingerprint density at radius 2 is 1.18 bits per heavy atom. The van der Waals surface area contributed by atoms with Crippen LogP contribution in [0.5, 0.6) is 0 Å². The summed E-state index contributed by atoms with van der Waals surface area (Å²) in [5.74, 6) is 0. The second-order valence-electron chi connectivity index (χ2n) is 8.50. The Morgan fingerprint density at radius 3 is 1.65 bits per heavy atom. The number of hydrogen-bond donors (Lipinski definition) is 2. The Bertz CT molecular complexity index is 1490. The molecule has 0 unspecified atom stereocenters. The van der Waals surface area contributed by atoms with Gasteiger partial charge in [-0.25, -0.2) is 0 Å². The molecule has 5 rings (SSSR count). The molecule has 0 heterocycles. The lowest BCUT2D eigenvalue weighted by Gasteiger charge is -2.18. The number of allylic oxidation sites excluding steroid dienone is 2. The fraction of sp³-hybridized carbons (Fsp3) is 0.0323. The molecular formula is C31H25BO2. The van der Waals surface area contributed by atoms with Crippen molar-refractivity contribution in [3.05, 3.63) is 121 Å². The number of hydrogen-bond acceptors (Lipinski definition) is 2. The summed E-state index contributed by atoms with van der Waals surface area (Å²) in [7, 11) is -1.47. The van der Waals surface area contributed by atoms with Crippen molar-refractivity contribution >= 4 is 40.2 Å².